The van der Waals surface area contributed by atoms with Gasteiger partial charge in [-0.2, -0.15) is 0 Å². The van der Waals surface area contributed by atoms with E-state index in [2.05, 4.69) is 20.6 Å². The van der Waals surface area contributed by atoms with Crippen LogP contribution in [0.1, 0.15) is 21.0 Å². The first-order chi connectivity index (χ1) is 15.6. The Bertz CT molecular complexity index is 1240. The number of anilines is 1. The fourth-order valence-electron chi connectivity index (χ4n) is 3.03. The van der Waals surface area contributed by atoms with E-state index in [-0.39, 0.29) is 17.5 Å². The molecule has 0 unspecified atom stereocenters. The molecule has 0 aliphatic rings. The molecule has 2 aromatic heterocycles. The van der Waals surface area contributed by atoms with E-state index >= 15 is 0 Å². The molecule has 0 aliphatic heterocycles. The second-order valence-electron chi connectivity index (χ2n) is 6.83. The van der Waals surface area contributed by atoms with Crippen LogP contribution in [0.3, 0.4) is 0 Å². The number of aromatic nitrogens is 2. The molecule has 2 aromatic carbocycles. The predicted octanol–water partition coefficient (Wildman–Crippen LogP) is 4.55. The molecule has 0 saturated heterocycles. The van der Waals surface area contributed by atoms with Crippen LogP contribution in [0.25, 0.3) is 11.1 Å². The summed E-state index contributed by atoms with van der Waals surface area (Å²) in [5.41, 5.74) is 3.13. The Hall–Kier alpha value is -4.52. The van der Waals surface area contributed by atoms with Crippen molar-refractivity contribution >= 4 is 17.5 Å². The minimum atomic E-state index is -0.305. The second kappa shape index (κ2) is 9.53. The summed E-state index contributed by atoms with van der Waals surface area (Å²) < 4.78 is 5.78. The molecular weight excluding hydrogens is 404 g/mol. The van der Waals surface area contributed by atoms with Crippen molar-refractivity contribution in [1.29, 1.82) is 0 Å². The highest BCUT2D eigenvalue weighted by atomic mass is 16.5. The molecule has 2 N–H and O–H groups in total. The van der Waals surface area contributed by atoms with Gasteiger partial charge in [-0.15, -0.1) is 0 Å². The first-order valence-corrected chi connectivity index (χ1v) is 9.91. The number of rotatable bonds is 6. The number of hydrogen-bond donors (Lipinski definition) is 2. The molecule has 158 valence electrons. The number of nitrogens with zero attached hydrogens (tertiary/aromatic N) is 2. The topological polar surface area (TPSA) is 93.2 Å². The van der Waals surface area contributed by atoms with Gasteiger partial charge >= 0.3 is 0 Å². The molecule has 0 radical (unpaired) electrons. The van der Waals surface area contributed by atoms with Gasteiger partial charge in [-0.05, 0) is 53.6 Å². The molecule has 0 atom stereocenters. The van der Waals surface area contributed by atoms with Gasteiger partial charge in [-0.25, -0.2) is 0 Å². The number of carbonyl (C=O) groups is 2. The number of carbonyl (C=O) groups excluding carboxylic acids is 2. The van der Waals surface area contributed by atoms with Gasteiger partial charge in [0, 0.05) is 31.2 Å². The van der Waals surface area contributed by atoms with Crippen molar-refractivity contribution in [1.82, 2.24) is 15.3 Å². The first kappa shape index (κ1) is 20.7. The predicted molar refractivity (Wildman–Crippen MR) is 122 cm³/mol. The number of benzene rings is 2. The maximum atomic E-state index is 12.7. The van der Waals surface area contributed by atoms with Gasteiger partial charge in [-0.3, -0.25) is 19.6 Å². The number of hydrogen-bond acceptors (Lipinski definition) is 5. The number of pyridine rings is 2. The third kappa shape index (κ3) is 4.96. The Labute approximate surface area is 185 Å². The summed E-state index contributed by atoms with van der Waals surface area (Å²) in [4.78, 5) is 32.6. The summed E-state index contributed by atoms with van der Waals surface area (Å²) in [7, 11) is 1.54. The quantitative estimate of drug-likeness (QED) is 0.474. The van der Waals surface area contributed by atoms with Crippen molar-refractivity contribution in [2.24, 2.45) is 0 Å². The van der Waals surface area contributed by atoms with Crippen molar-refractivity contribution in [2.45, 2.75) is 0 Å². The van der Waals surface area contributed by atoms with E-state index < -0.39 is 0 Å². The van der Waals surface area contributed by atoms with E-state index in [1.807, 2.05) is 36.4 Å². The van der Waals surface area contributed by atoms with E-state index in [1.165, 1.54) is 13.2 Å². The smallest absolute Gasteiger partial charge is 0.274 e. The van der Waals surface area contributed by atoms with Gasteiger partial charge in [0.2, 0.25) is 0 Å². The van der Waals surface area contributed by atoms with Gasteiger partial charge in [0.25, 0.3) is 11.8 Å². The Morgan fingerprint density at radius 2 is 1.41 bits per heavy atom. The van der Waals surface area contributed by atoms with Crippen LogP contribution in [0.5, 0.6) is 11.5 Å². The molecule has 0 fully saturated rings. The summed E-state index contributed by atoms with van der Waals surface area (Å²) in [6.07, 6.45) is 3.13. The van der Waals surface area contributed by atoms with E-state index in [4.69, 9.17) is 4.74 Å². The molecule has 0 aliphatic carbocycles. The molecular formula is C25H20N4O3. The lowest BCUT2D eigenvalue weighted by Gasteiger charge is -2.09. The highest BCUT2D eigenvalue weighted by molar-refractivity contribution is 6.03. The van der Waals surface area contributed by atoms with Crippen molar-refractivity contribution in [3.05, 3.63) is 103 Å². The third-order valence-electron chi connectivity index (χ3n) is 4.64. The van der Waals surface area contributed by atoms with Crippen LogP contribution in [0.4, 0.5) is 5.69 Å². The molecule has 7 heteroatoms. The fourth-order valence-corrected chi connectivity index (χ4v) is 3.03. The fraction of sp³-hybridized carbons (Fsp3) is 0.0400. The molecule has 2 amide bonds. The Balaban J connectivity index is 1.43. The maximum absolute atomic E-state index is 12.7. The standard InChI is InChI=1S/C25H20N4O3/c1-26-24(30)23-16-21(12-14-28-23)32-20-9-7-19(8-10-20)29-25(31)22-15-18(11-13-27-22)17-5-3-2-4-6-17/h2-16H,1H3,(H,26,30)(H,29,31). The molecule has 0 spiro atoms. The van der Waals surface area contributed by atoms with Crippen molar-refractivity contribution in [2.75, 3.05) is 12.4 Å². The van der Waals surface area contributed by atoms with Crippen LogP contribution in [0.15, 0.2) is 91.3 Å². The number of nitrogens with one attached hydrogen (secondary N) is 2. The lowest BCUT2D eigenvalue weighted by molar-refractivity contribution is 0.0957. The third-order valence-corrected chi connectivity index (χ3v) is 4.64. The molecule has 4 rings (SSSR count). The molecule has 2 heterocycles. The van der Waals surface area contributed by atoms with Gasteiger partial charge in [0.1, 0.15) is 22.9 Å². The molecule has 4 aromatic rings. The molecule has 0 bridgehead atoms. The average molecular weight is 424 g/mol. The largest absolute Gasteiger partial charge is 0.457 e. The summed E-state index contributed by atoms with van der Waals surface area (Å²) >= 11 is 0. The zero-order valence-electron chi connectivity index (χ0n) is 17.3. The van der Waals surface area contributed by atoms with Gasteiger partial charge in [-0.1, -0.05) is 30.3 Å². The van der Waals surface area contributed by atoms with E-state index in [9.17, 15) is 9.59 Å². The molecule has 32 heavy (non-hydrogen) atoms. The van der Waals surface area contributed by atoms with Crippen LogP contribution in [-0.4, -0.2) is 28.8 Å². The van der Waals surface area contributed by atoms with Crippen LogP contribution >= 0.6 is 0 Å². The Kier molecular flexibility index (Phi) is 6.17. The zero-order chi connectivity index (χ0) is 22.3. The van der Waals surface area contributed by atoms with E-state index in [0.717, 1.165) is 11.1 Å². The highest BCUT2D eigenvalue weighted by Crippen LogP contribution is 2.24. The summed E-state index contributed by atoms with van der Waals surface area (Å²) in [6, 6.07) is 23.6. The summed E-state index contributed by atoms with van der Waals surface area (Å²) in [5, 5.41) is 5.36. The summed E-state index contributed by atoms with van der Waals surface area (Å²) in [5.74, 6) is 0.442. The average Bonchev–Trinajstić information content (AvgIpc) is 2.85. The van der Waals surface area contributed by atoms with Crippen LogP contribution < -0.4 is 15.4 Å². The Morgan fingerprint density at radius 1 is 0.719 bits per heavy atom. The van der Waals surface area contributed by atoms with E-state index in [0.29, 0.717) is 22.9 Å². The van der Waals surface area contributed by atoms with E-state index in [1.54, 1.807) is 48.7 Å². The first-order valence-electron chi connectivity index (χ1n) is 9.91. The Morgan fingerprint density at radius 3 is 2.12 bits per heavy atom. The highest BCUT2D eigenvalue weighted by Gasteiger charge is 2.10. The minimum Gasteiger partial charge on any atom is -0.457 e. The normalized spacial score (nSPS) is 10.3. The number of amides is 2. The second-order valence-corrected chi connectivity index (χ2v) is 6.83. The van der Waals surface area contributed by atoms with Crippen molar-refractivity contribution in [3.8, 4) is 22.6 Å². The van der Waals surface area contributed by atoms with Crippen molar-refractivity contribution < 1.29 is 14.3 Å². The zero-order valence-corrected chi connectivity index (χ0v) is 17.3. The van der Waals surface area contributed by atoms with Crippen LogP contribution in [0, 0.1) is 0 Å². The molecule has 0 saturated carbocycles. The number of ether oxygens (including phenoxy) is 1. The lowest BCUT2D eigenvalue weighted by Crippen LogP contribution is -2.18. The van der Waals surface area contributed by atoms with Gasteiger partial charge in [0.05, 0.1) is 0 Å². The van der Waals surface area contributed by atoms with Gasteiger partial charge in [0.15, 0.2) is 0 Å². The lowest BCUT2D eigenvalue weighted by atomic mass is 10.1. The maximum Gasteiger partial charge on any atom is 0.274 e. The van der Waals surface area contributed by atoms with Crippen LogP contribution in [-0.2, 0) is 0 Å². The van der Waals surface area contributed by atoms with Crippen LogP contribution in [0.2, 0.25) is 0 Å². The van der Waals surface area contributed by atoms with Crippen molar-refractivity contribution in [3.63, 3.8) is 0 Å². The van der Waals surface area contributed by atoms with Gasteiger partial charge < -0.3 is 15.4 Å². The summed E-state index contributed by atoms with van der Waals surface area (Å²) in [6.45, 7) is 0. The monoisotopic (exact) mass is 424 g/mol. The SMILES string of the molecule is CNC(=O)c1cc(Oc2ccc(NC(=O)c3cc(-c4ccccc4)ccn3)cc2)ccn1. The minimum absolute atomic E-state index is 0.263. The molecule has 7 nitrogen and oxygen atoms in total.